The number of phenols is 1. The molecule has 0 radical (unpaired) electrons. The molecule has 2 aromatic carbocycles. The summed E-state index contributed by atoms with van der Waals surface area (Å²) >= 11 is 0. The summed E-state index contributed by atoms with van der Waals surface area (Å²) in [6, 6.07) is 12.6. The lowest BCUT2D eigenvalue weighted by molar-refractivity contribution is 0.475. The SMILES string of the molecule is Cc1ccc(S(=O)(=O)/N=C/c2ccc(O)cc2)cc1. The van der Waals surface area contributed by atoms with E-state index in [-0.39, 0.29) is 10.6 Å². The van der Waals surface area contributed by atoms with E-state index in [1.165, 1.54) is 30.5 Å². The Morgan fingerprint density at radius 2 is 1.58 bits per heavy atom. The third-order valence-corrected chi connectivity index (χ3v) is 3.80. The summed E-state index contributed by atoms with van der Waals surface area (Å²) < 4.78 is 27.5. The largest absolute Gasteiger partial charge is 0.508 e. The lowest BCUT2D eigenvalue weighted by atomic mass is 10.2. The lowest BCUT2D eigenvalue weighted by Gasteiger charge is -1.99. The lowest BCUT2D eigenvalue weighted by Crippen LogP contribution is -1.97. The zero-order valence-corrected chi connectivity index (χ0v) is 11.1. The molecule has 0 aliphatic carbocycles. The fraction of sp³-hybridized carbons (Fsp3) is 0.0714. The summed E-state index contributed by atoms with van der Waals surface area (Å²) in [6.07, 6.45) is 1.26. The van der Waals surface area contributed by atoms with Gasteiger partial charge in [-0.25, -0.2) is 0 Å². The molecule has 0 aliphatic rings. The van der Waals surface area contributed by atoms with Crippen LogP contribution in [0.1, 0.15) is 11.1 Å². The Morgan fingerprint density at radius 1 is 1.00 bits per heavy atom. The van der Waals surface area contributed by atoms with Gasteiger partial charge in [-0.05, 0) is 48.9 Å². The van der Waals surface area contributed by atoms with Crippen molar-refractivity contribution in [3.8, 4) is 5.75 Å². The molecule has 0 saturated heterocycles. The Bertz CT molecular complexity index is 686. The molecular formula is C14H13NO3S. The minimum Gasteiger partial charge on any atom is -0.508 e. The van der Waals surface area contributed by atoms with Crippen molar-refractivity contribution >= 4 is 16.2 Å². The van der Waals surface area contributed by atoms with Crippen molar-refractivity contribution in [1.29, 1.82) is 0 Å². The Hall–Kier alpha value is -2.14. The molecule has 0 saturated carbocycles. The minimum absolute atomic E-state index is 0.124. The maximum Gasteiger partial charge on any atom is 0.282 e. The molecule has 0 fully saturated rings. The van der Waals surface area contributed by atoms with Crippen LogP contribution in [0.25, 0.3) is 0 Å². The molecule has 2 rings (SSSR count). The molecule has 0 aliphatic heterocycles. The molecule has 98 valence electrons. The second-order valence-corrected chi connectivity index (χ2v) is 5.75. The number of aromatic hydroxyl groups is 1. The van der Waals surface area contributed by atoms with E-state index in [0.717, 1.165) is 5.56 Å². The normalized spacial score (nSPS) is 11.8. The molecule has 0 aromatic heterocycles. The van der Waals surface area contributed by atoms with Gasteiger partial charge in [-0.2, -0.15) is 12.8 Å². The van der Waals surface area contributed by atoms with Gasteiger partial charge >= 0.3 is 0 Å². The first-order valence-corrected chi connectivity index (χ1v) is 7.07. The maximum absolute atomic E-state index is 11.9. The van der Waals surface area contributed by atoms with Gasteiger partial charge in [0.25, 0.3) is 10.0 Å². The number of rotatable bonds is 3. The van der Waals surface area contributed by atoms with Gasteiger partial charge < -0.3 is 5.11 Å². The quantitative estimate of drug-likeness (QED) is 0.875. The third kappa shape index (κ3) is 3.42. The average molecular weight is 275 g/mol. The first kappa shape index (κ1) is 13.3. The van der Waals surface area contributed by atoms with E-state index in [9.17, 15) is 8.42 Å². The first-order chi connectivity index (χ1) is 8.97. The molecule has 19 heavy (non-hydrogen) atoms. The molecule has 0 spiro atoms. The number of sulfonamides is 1. The smallest absolute Gasteiger partial charge is 0.282 e. The minimum atomic E-state index is -3.68. The summed E-state index contributed by atoms with van der Waals surface area (Å²) in [5, 5.41) is 9.13. The first-order valence-electron chi connectivity index (χ1n) is 5.63. The summed E-state index contributed by atoms with van der Waals surface area (Å²) in [5.74, 6) is 0.124. The van der Waals surface area contributed by atoms with Crippen molar-refractivity contribution in [3.63, 3.8) is 0 Å². The molecule has 4 nitrogen and oxygen atoms in total. The summed E-state index contributed by atoms with van der Waals surface area (Å²) in [7, 11) is -3.68. The van der Waals surface area contributed by atoms with E-state index >= 15 is 0 Å². The Morgan fingerprint density at radius 3 is 2.16 bits per heavy atom. The molecule has 5 heteroatoms. The second kappa shape index (κ2) is 5.24. The standard InChI is InChI=1S/C14H13NO3S/c1-11-2-8-14(9-3-11)19(17,18)15-10-12-4-6-13(16)7-5-12/h2-10,16H,1H3/b15-10+. The van der Waals surface area contributed by atoms with Crippen LogP contribution in [-0.2, 0) is 10.0 Å². The van der Waals surface area contributed by atoms with Gasteiger partial charge in [-0.15, -0.1) is 0 Å². The zero-order chi connectivity index (χ0) is 13.9. The summed E-state index contributed by atoms with van der Waals surface area (Å²) in [4.78, 5) is 0.160. The molecule has 0 bridgehead atoms. The van der Waals surface area contributed by atoms with Crippen molar-refractivity contribution in [2.45, 2.75) is 11.8 Å². The average Bonchev–Trinajstić information content (AvgIpc) is 2.39. The number of aryl methyl sites for hydroxylation is 1. The number of hydrogen-bond donors (Lipinski definition) is 1. The van der Waals surface area contributed by atoms with Crippen molar-refractivity contribution in [1.82, 2.24) is 0 Å². The highest BCUT2D eigenvalue weighted by Gasteiger charge is 2.10. The van der Waals surface area contributed by atoms with Crippen LogP contribution in [0.15, 0.2) is 57.8 Å². The zero-order valence-electron chi connectivity index (χ0n) is 10.3. The van der Waals surface area contributed by atoms with Crippen LogP contribution >= 0.6 is 0 Å². The topological polar surface area (TPSA) is 66.7 Å². The van der Waals surface area contributed by atoms with Crippen molar-refractivity contribution in [2.75, 3.05) is 0 Å². The van der Waals surface area contributed by atoms with E-state index in [0.29, 0.717) is 5.56 Å². The number of nitrogens with zero attached hydrogens (tertiary/aromatic N) is 1. The fourth-order valence-corrected chi connectivity index (χ4v) is 2.32. The Labute approximate surface area is 112 Å². The number of hydrogen-bond acceptors (Lipinski definition) is 3. The van der Waals surface area contributed by atoms with Gasteiger partial charge in [-0.3, -0.25) is 0 Å². The van der Waals surface area contributed by atoms with Crippen LogP contribution in [0.5, 0.6) is 5.75 Å². The van der Waals surface area contributed by atoms with Gasteiger partial charge in [-0.1, -0.05) is 17.7 Å². The highest BCUT2D eigenvalue weighted by molar-refractivity contribution is 7.90. The molecule has 2 aromatic rings. The van der Waals surface area contributed by atoms with Crippen molar-refractivity contribution < 1.29 is 13.5 Å². The third-order valence-electron chi connectivity index (χ3n) is 2.55. The Kier molecular flexibility index (Phi) is 3.66. The van der Waals surface area contributed by atoms with Crippen LogP contribution in [0, 0.1) is 6.92 Å². The van der Waals surface area contributed by atoms with Gasteiger partial charge in [0.1, 0.15) is 5.75 Å². The van der Waals surface area contributed by atoms with Gasteiger partial charge in [0.2, 0.25) is 0 Å². The highest BCUT2D eigenvalue weighted by atomic mass is 32.2. The second-order valence-electron chi connectivity index (χ2n) is 4.11. The number of benzene rings is 2. The fourth-order valence-electron chi connectivity index (χ4n) is 1.46. The van der Waals surface area contributed by atoms with E-state index in [1.807, 2.05) is 6.92 Å². The monoisotopic (exact) mass is 275 g/mol. The van der Waals surface area contributed by atoms with Gasteiger partial charge in [0, 0.05) is 6.21 Å². The summed E-state index contributed by atoms with van der Waals surface area (Å²) in [6.45, 7) is 1.89. The van der Waals surface area contributed by atoms with Crippen molar-refractivity contribution in [2.24, 2.45) is 4.40 Å². The van der Waals surface area contributed by atoms with Crippen molar-refractivity contribution in [3.05, 3.63) is 59.7 Å². The van der Waals surface area contributed by atoms with E-state index in [4.69, 9.17) is 5.11 Å². The Balaban J connectivity index is 2.26. The molecule has 0 atom stereocenters. The number of phenolic OH excluding ortho intramolecular Hbond substituents is 1. The van der Waals surface area contributed by atoms with Crippen LogP contribution in [-0.4, -0.2) is 19.7 Å². The van der Waals surface area contributed by atoms with Crippen LogP contribution < -0.4 is 0 Å². The molecular weight excluding hydrogens is 262 g/mol. The van der Waals surface area contributed by atoms with Crippen LogP contribution in [0.4, 0.5) is 0 Å². The predicted molar refractivity (Wildman–Crippen MR) is 74.1 cm³/mol. The van der Waals surface area contributed by atoms with Gasteiger partial charge in [0.15, 0.2) is 0 Å². The summed E-state index contributed by atoms with van der Waals surface area (Å²) in [5.41, 5.74) is 1.59. The van der Waals surface area contributed by atoms with E-state index in [2.05, 4.69) is 4.40 Å². The molecule has 0 heterocycles. The van der Waals surface area contributed by atoms with Crippen LogP contribution in [0.3, 0.4) is 0 Å². The molecule has 0 unspecified atom stereocenters. The highest BCUT2D eigenvalue weighted by Crippen LogP contribution is 2.14. The van der Waals surface area contributed by atoms with E-state index in [1.54, 1.807) is 24.3 Å². The molecule has 1 N–H and O–H groups in total. The van der Waals surface area contributed by atoms with Gasteiger partial charge in [0.05, 0.1) is 4.90 Å². The maximum atomic E-state index is 11.9. The van der Waals surface area contributed by atoms with E-state index < -0.39 is 10.0 Å². The predicted octanol–water partition coefficient (Wildman–Crippen LogP) is 2.51. The van der Waals surface area contributed by atoms with Crippen LogP contribution in [0.2, 0.25) is 0 Å². The molecule has 0 amide bonds.